The molecular weight excluding hydrogens is 326 g/mol. The molecule has 0 aromatic heterocycles. The highest BCUT2D eigenvalue weighted by Crippen LogP contribution is 2.60. The molecular formula is C22H31NO3. The third-order valence-electron chi connectivity index (χ3n) is 7.49. The zero-order valence-corrected chi connectivity index (χ0v) is 16.1. The number of anilines is 1. The van der Waals surface area contributed by atoms with E-state index < -0.39 is 5.60 Å². The van der Waals surface area contributed by atoms with Crippen molar-refractivity contribution in [3.05, 3.63) is 29.3 Å². The second kappa shape index (κ2) is 6.07. The lowest BCUT2D eigenvalue weighted by atomic mass is 9.55. The average Bonchev–Trinajstić information content (AvgIpc) is 2.89. The van der Waals surface area contributed by atoms with Crippen LogP contribution in [0.4, 0.5) is 5.69 Å². The molecule has 3 N–H and O–H groups in total. The highest BCUT2D eigenvalue weighted by molar-refractivity contribution is 5.96. The first-order chi connectivity index (χ1) is 12.2. The largest absolute Gasteiger partial charge is 0.393 e. The number of hydrogen-bond acceptors (Lipinski definition) is 3. The van der Waals surface area contributed by atoms with Crippen molar-refractivity contribution in [2.24, 2.45) is 17.3 Å². The Kier molecular flexibility index (Phi) is 4.20. The van der Waals surface area contributed by atoms with Crippen LogP contribution in [0.15, 0.2) is 18.2 Å². The normalized spacial score (nSPS) is 36.0. The maximum Gasteiger partial charge on any atom is 0.255 e. The molecule has 0 aliphatic heterocycles. The molecule has 0 radical (unpaired) electrons. The fraction of sp³-hybridized carbons (Fsp3) is 0.682. The van der Waals surface area contributed by atoms with Gasteiger partial charge in [0.05, 0.1) is 6.10 Å². The fourth-order valence-corrected chi connectivity index (χ4v) is 5.92. The zero-order chi connectivity index (χ0) is 18.7. The van der Waals surface area contributed by atoms with Crippen molar-refractivity contribution in [3.63, 3.8) is 0 Å². The third-order valence-corrected chi connectivity index (χ3v) is 7.49. The number of aliphatic hydroxyl groups excluding tert-OH is 1. The molecule has 0 bridgehead atoms. The predicted octanol–water partition coefficient (Wildman–Crippen LogP) is 3.61. The topological polar surface area (TPSA) is 69.6 Å². The third kappa shape index (κ3) is 2.78. The molecule has 0 heterocycles. The van der Waals surface area contributed by atoms with E-state index in [9.17, 15) is 15.0 Å². The van der Waals surface area contributed by atoms with Gasteiger partial charge in [-0.05, 0) is 98.8 Å². The van der Waals surface area contributed by atoms with Gasteiger partial charge in [-0.25, -0.2) is 0 Å². The number of aryl methyl sites for hydroxylation is 1. The van der Waals surface area contributed by atoms with Crippen LogP contribution in [0.5, 0.6) is 0 Å². The molecule has 0 spiro atoms. The Morgan fingerprint density at radius 3 is 2.73 bits per heavy atom. The molecule has 1 amide bonds. The molecule has 4 rings (SSSR count). The van der Waals surface area contributed by atoms with Gasteiger partial charge in [0.2, 0.25) is 0 Å². The van der Waals surface area contributed by atoms with Gasteiger partial charge in [-0.3, -0.25) is 4.79 Å². The number of amides is 1. The van der Waals surface area contributed by atoms with Crippen molar-refractivity contribution in [3.8, 4) is 0 Å². The van der Waals surface area contributed by atoms with Crippen LogP contribution in [-0.4, -0.2) is 27.8 Å². The van der Waals surface area contributed by atoms with Crippen LogP contribution in [0, 0.1) is 17.3 Å². The van der Waals surface area contributed by atoms with Crippen LogP contribution in [0.2, 0.25) is 0 Å². The quantitative estimate of drug-likeness (QED) is 0.757. The summed E-state index contributed by atoms with van der Waals surface area (Å²) in [6.45, 7) is 5.30. The Labute approximate surface area is 156 Å². The van der Waals surface area contributed by atoms with Gasteiger partial charge in [0.15, 0.2) is 0 Å². The summed E-state index contributed by atoms with van der Waals surface area (Å²) >= 11 is 0. The number of nitrogens with one attached hydrogen (secondary N) is 1. The number of aliphatic hydroxyl groups is 2. The lowest BCUT2D eigenvalue weighted by molar-refractivity contribution is -0.130. The van der Waals surface area contributed by atoms with Crippen molar-refractivity contribution in [2.45, 2.75) is 76.9 Å². The van der Waals surface area contributed by atoms with Crippen LogP contribution in [0.1, 0.15) is 69.9 Å². The number of carbonyl (C=O) groups is 1. The highest BCUT2D eigenvalue weighted by Gasteiger charge is 2.54. The minimum absolute atomic E-state index is 0.110. The van der Waals surface area contributed by atoms with Crippen LogP contribution < -0.4 is 5.32 Å². The molecule has 0 saturated heterocycles. The minimum atomic E-state index is -1.38. The lowest BCUT2D eigenvalue weighted by Gasteiger charge is -2.50. The molecule has 142 valence electrons. The predicted molar refractivity (Wildman–Crippen MR) is 102 cm³/mol. The first-order valence-electron chi connectivity index (χ1n) is 10.0. The lowest BCUT2D eigenvalue weighted by Crippen LogP contribution is -2.43. The first kappa shape index (κ1) is 18.0. The Morgan fingerprint density at radius 1 is 1.23 bits per heavy atom. The molecule has 2 fully saturated rings. The summed E-state index contributed by atoms with van der Waals surface area (Å²) in [6.07, 6.45) is 6.45. The van der Waals surface area contributed by atoms with Gasteiger partial charge < -0.3 is 15.5 Å². The molecule has 26 heavy (non-hydrogen) atoms. The number of carbonyl (C=O) groups excluding carboxylic acids is 1. The molecule has 1 aromatic carbocycles. The van der Waals surface area contributed by atoms with E-state index in [1.54, 1.807) is 0 Å². The smallest absolute Gasteiger partial charge is 0.255 e. The molecule has 4 nitrogen and oxygen atoms in total. The van der Waals surface area contributed by atoms with Crippen LogP contribution in [0.25, 0.3) is 0 Å². The summed E-state index contributed by atoms with van der Waals surface area (Å²) in [7, 11) is 0. The van der Waals surface area contributed by atoms with Crippen LogP contribution in [0.3, 0.4) is 0 Å². The molecule has 3 aliphatic rings. The van der Waals surface area contributed by atoms with Gasteiger partial charge in [0, 0.05) is 5.69 Å². The van der Waals surface area contributed by atoms with Crippen molar-refractivity contribution in [1.82, 2.24) is 0 Å². The van der Waals surface area contributed by atoms with Gasteiger partial charge in [0.1, 0.15) is 5.60 Å². The van der Waals surface area contributed by atoms with Gasteiger partial charge in [-0.2, -0.15) is 0 Å². The van der Waals surface area contributed by atoms with E-state index in [1.165, 1.54) is 31.4 Å². The van der Waals surface area contributed by atoms with Crippen LogP contribution in [-0.2, 0) is 11.2 Å². The molecule has 3 aliphatic carbocycles. The van der Waals surface area contributed by atoms with E-state index in [4.69, 9.17) is 0 Å². The summed E-state index contributed by atoms with van der Waals surface area (Å²) in [5, 5.41) is 23.2. The Hall–Kier alpha value is -1.39. The van der Waals surface area contributed by atoms with E-state index in [-0.39, 0.29) is 17.4 Å². The molecule has 2 saturated carbocycles. The van der Waals surface area contributed by atoms with E-state index in [0.29, 0.717) is 17.8 Å². The Balaban J connectivity index is 1.57. The van der Waals surface area contributed by atoms with Crippen LogP contribution >= 0.6 is 0 Å². The fourth-order valence-electron chi connectivity index (χ4n) is 5.92. The SMILES string of the molecule is CC(C)(O)C(=O)Nc1ccc2c(c1)CC[C@@H]1[C@@H]2CC[C@]2(C)C(O)CC[C@@H]12. The molecule has 1 unspecified atom stereocenters. The van der Waals surface area contributed by atoms with Gasteiger partial charge >= 0.3 is 0 Å². The van der Waals surface area contributed by atoms with E-state index >= 15 is 0 Å². The highest BCUT2D eigenvalue weighted by atomic mass is 16.3. The standard InChI is InChI=1S/C22H31NO3/c1-21(2,26)20(25)23-14-5-7-15-13(12-14)4-6-17-16(15)10-11-22(3)18(17)8-9-19(22)24/h5,7,12,16-19,24,26H,4,6,8-11H2,1-3H3,(H,23,25)/t16-,17-,18+,19?,22+/m1/s1. The van der Waals surface area contributed by atoms with E-state index in [0.717, 1.165) is 37.8 Å². The summed E-state index contributed by atoms with van der Waals surface area (Å²) < 4.78 is 0. The summed E-state index contributed by atoms with van der Waals surface area (Å²) in [4.78, 5) is 12.0. The minimum Gasteiger partial charge on any atom is -0.393 e. The summed E-state index contributed by atoms with van der Waals surface area (Å²) in [5.74, 6) is 1.52. The second-order valence-corrected chi connectivity index (χ2v) is 9.48. The number of benzene rings is 1. The van der Waals surface area contributed by atoms with Crippen molar-refractivity contribution >= 4 is 11.6 Å². The van der Waals surface area contributed by atoms with Crippen molar-refractivity contribution < 1.29 is 15.0 Å². The molecule has 1 aromatic rings. The average molecular weight is 357 g/mol. The maximum atomic E-state index is 12.0. The Bertz CT molecular complexity index is 723. The Morgan fingerprint density at radius 2 is 2.00 bits per heavy atom. The number of rotatable bonds is 2. The number of hydrogen-bond donors (Lipinski definition) is 3. The zero-order valence-electron chi connectivity index (χ0n) is 16.1. The summed E-state index contributed by atoms with van der Waals surface area (Å²) in [6, 6.07) is 6.24. The van der Waals surface area contributed by atoms with Crippen molar-refractivity contribution in [2.75, 3.05) is 5.32 Å². The van der Waals surface area contributed by atoms with Gasteiger partial charge in [-0.15, -0.1) is 0 Å². The van der Waals surface area contributed by atoms with E-state index in [1.807, 2.05) is 6.07 Å². The first-order valence-corrected chi connectivity index (χ1v) is 10.0. The maximum absolute atomic E-state index is 12.0. The molecule has 4 heteroatoms. The number of fused-ring (bicyclic) bond motifs is 5. The van der Waals surface area contributed by atoms with Gasteiger partial charge in [-0.1, -0.05) is 13.0 Å². The monoisotopic (exact) mass is 357 g/mol. The van der Waals surface area contributed by atoms with Crippen molar-refractivity contribution in [1.29, 1.82) is 0 Å². The summed E-state index contributed by atoms with van der Waals surface area (Å²) in [5.41, 5.74) is 2.27. The second-order valence-electron chi connectivity index (χ2n) is 9.48. The molecule has 5 atom stereocenters. The van der Waals surface area contributed by atoms with E-state index in [2.05, 4.69) is 24.4 Å². The van der Waals surface area contributed by atoms with Gasteiger partial charge in [0.25, 0.3) is 5.91 Å².